The molecule has 1 amide bonds. The first-order valence-electron chi connectivity index (χ1n) is 11.1. The van der Waals surface area contributed by atoms with Gasteiger partial charge >= 0.3 is 0 Å². The summed E-state index contributed by atoms with van der Waals surface area (Å²) < 4.78 is 12.7. The van der Waals surface area contributed by atoms with Crippen LogP contribution in [0.5, 0.6) is 11.5 Å². The second-order valence-electron chi connectivity index (χ2n) is 7.99. The van der Waals surface area contributed by atoms with E-state index >= 15 is 0 Å². The lowest BCUT2D eigenvalue weighted by atomic mass is 9.93. The number of ether oxygens (including phenoxy) is 2. The maximum Gasteiger partial charge on any atom is 0.264 e. The highest BCUT2D eigenvalue weighted by atomic mass is 16.5. The highest BCUT2D eigenvalue weighted by Crippen LogP contribution is 2.38. The van der Waals surface area contributed by atoms with Crippen LogP contribution in [0, 0.1) is 0 Å². The lowest BCUT2D eigenvalue weighted by Gasteiger charge is -2.31. The number of anilines is 2. The summed E-state index contributed by atoms with van der Waals surface area (Å²) in [4.78, 5) is 17.0. The Hall–Kier alpha value is -4.33. The molecule has 0 spiro atoms. The Balaban J connectivity index is 1.38. The maximum absolute atomic E-state index is 12.4. The van der Waals surface area contributed by atoms with E-state index in [1.54, 1.807) is 19.2 Å². The van der Waals surface area contributed by atoms with E-state index in [4.69, 9.17) is 9.47 Å². The summed E-state index contributed by atoms with van der Waals surface area (Å²) in [6.45, 7) is -0.129. The predicted molar refractivity (Wildman–Crippen MR) is 129 cm³/mol. The van der Waals surface area contributed by atoms with Crippen molar-refractivity contribution in [2.45, 2.75) is 18.5 Å². The summed E-state index contributed by atoms with van der Waals surface area (Å²) in [7, 11) is 1.65. The van der Waals surface area contributed by atoms with Crippen molar-refractivity contribution < 1.29 is 14.3 Å². The first kappa shape index (κ1) is 21.5. The normalized spacial score (nSPS) is 16.7. The van der Waals surface area contributed by atoms with Gasteiger partial charge in [0.05, 0.1) is 19.2 Å². The smallest absolute Gasteiger partial charge is 0.264 e. The number of hydrogen-bond acceptors (Lipinski definition) is 6. The van der Waals surface area contributed by atoms with Crippen molar-refractivity contribution in [3.8, 4) is 11.5 Å². The van der Waals surface area contributed by atoms with Crippen LogP contribution < -0.4 is 20.1 Å². The molecule has 1 aromatic heterocycles. The van der Waals surface area contributed by atoms with Crippen LogP contribution in [-0.2, 0) is 4.79 Å². The van der Waals surface area contributed by atoms with E-state index < -0.39 is 0 Å². The molecule has 2 N–H and O–H groups in total. The highest BCUT2D eigenvalue weighted by Gasteiger charge is 2.31. The molecule has 1 aliphatic rings. The fourth-order valence-corrected chi connectivity index (χ4v) is 4.06. The SMILES string of the molecule is COc1ccc(C2CC(c3ccccc3)Nc3nc(NC(=O)COc4ccccc4)nn32)cc1. The van der Waals surface area contributed by atoms with E-state index in [0.717, 1.165) is 23.3 Å². The van der Waals surface area contributed by atoms with E-state index in [2.05, 4.69) is 32.8 Å². The summed E-state index contributed by atoms with van der Waals surface area (Å²) in [6, 6.07) is 27.4. The van der Waals surface area contributed by atoms with E-state index in [1.165, 1.54) is 0 Å². The summed E-state index contributed by atoms with van der Waals surface area (Å²) in [5.74, 6) is 1.92. The molecule has 0 radical (unpaired) electrons. The number of fused-ring (bicyclic) bond motifs is 1. The second-order valence-corrected chi connectivity index (χ2v) is 7.99. The van der Waals surface area contributed by atoms with Gasteiger partial charge in [0, 0.05) is 0 Å². The predicted octanol–water partition coefficient (Wildman–Crippen LogP) is 4.45. The topological polar surface area (TPSA) is 90.3 Å². The Bertz CT molecular complexity index is 1240. The van der Waals surface area contributed by atoms with Crippen LogP contribution in [0.3, 0.4) is 0 Å². The fraction of sp³-hybridized carbons (Fsp3) is 0.192. The Morgan fingerprint density at radius 3 is 2.38 bits per heavy atom. The number of aromatic nitrogens is 3. The molecule has 0 fully saturated rings. The van der Waals surface area contributed by atoms with Crippen molar-refractivity contribution in [1.29, 1.82) is 0 Å². The van der Waals surface area contributed by atoms with E-state index in [-0.39, 0.29) is 30.5 Å². The standard InChI is InChI=1S/C26H25N5O3/c1-33-20-14-12-19(13-15-20)23-16-22(18-8-4-2-5-9-18)27-26-29-25(30-31(23)26)28-24(32)17-34-21-10-6-3-7-11-21/h2-15,22-23H,16-17H2,1H3,(H2,27,28,29,30,32). The van der Waals surface area contributed by atoms with E-state index in [9.17, 15) is 4.79 Å². The Kier molecular flexibility index (Phi) is 6.11. The van der Waals surface area contributed by atoms with Gasteiger partial charge in [-0.2, -0.15) is 4.98 Å². The molecule has 1 aliphatic heterocycles. The van der Waals surface area contributed by atoms with E-state index in [1.807, 2.05) is 65.3 Å². The number of hydrogen-bond donors (Lipinski definition) is 2. The average molecular weight is 456 g/mol. The minimum Gasteiger partial charge on any atom is -0.497 e. The summed E-state index contributed by atoms with van der Waals surface area (Å²) in [5, 5.41) is 10.8. The number of carbonyl (C=O) groups excluding carboxylic acids is 1. The number of amides is 1. The van der Waals surface area contributed by atoms with Crippen LogP contribution in [0.4, 0.5) is 11.9 Å². The molecule has 0 aliphatic carbocycles. The quantitative estimate of drug-likeness (QED) is 0.428. The van der Waals surface area contributed by atoms with Crippen molar-refractivity contribution in [3.63, 3.8) is 0 Å². The summed E-state index contributed by atoms with van der Waals surface area (Å²) in [5.41, 5.74) is 2.25. The largest absolute Gasteiger partial charge is 0.497 e. The first-order chi connectivity index (χ1) is 16.7. The van der Waals surface area contributed by atoms with Crippen LogP contribution in [0.2, 0.25) is 0 Å². The molecule has 172 valence electrons. The molecule has 2 heterocycles. The van der Waals surface area contributed by atoms with Crippen molar-refractivity contribution in [3.05, 3.63) is 96.1 Å². The third-order valence-electron chi connectivity index (χ3n) is 5.76. The number of benzene rings is 3. The first-order valence-corrected chi connectivity index (χ1v) is 11.1. The van der Waals surface area contributed by atoms with Gasteiger partial charge in [-0.3, -0.25) is 10.1 Å². The van der Waals surface area contributed by atoms with Gasteiger partial charge in [0.25, 0.3) is 11.9 Å². The van der Waals surface area contributed by atoms with Crippen molar-refractivity contribution in [1.82, 2.24) is 14.8 Å². The molecule has 4 aromatic rings. The zero-order valence-electron chi connectivity index (χ0n) is 18.7. The Morgan fingerprint density at radius 1 is 0.971 bits per heavy atom. The maximum atomic E-state index is 12.4. The van der Waals surface area contributed by atoms with Gasteiger partial charge in [0.2, 0.25) is 5.95 Å². The van der Waals surface area contributed by atoms with Gasteiger partial charge in [0.15, 0.2) is 6.61 Å². The fourth-order valence-electron chi connectivity index (χ4n) is 4.06. The number of nitrogens with one attached hydrogen (secondary N) is 2. The molecule has 34 heavy (non-hydrogen) atoms. The van der Waals surface area contributed by atoms with Gasteiger partial charge < -0.3 is 14.8 Å². The zero-order valence-corrected chi connectivity index (χ0v) is 18.7. The molecular formula is C26H25N5O3. The molecule has 0 bridgehead atoms. The van der Waals surface area contributed by atoms with Gasteiger partial charge in [-0.05, 0) is 41.8 Å². The lowest BCUT2D eigenvalue weighted by molar-refractivity contribution is -0.118. The molecule has 3 aromatic carbocycles. The average Bonchev–Trinajstić information content (AvgIpc) is 3.30. The molecule has 0 saturated heterocycles. The molecule has 2 atom stereocenters. The number of methoxy groups -OCH3 is 1. The minimum absolute atomic E-state index is 0.0509. The molecule has 8 nitrogen and oxygen atoms in total. The number of carbonyl (C=O) groups is 1. The summed E-state index contributed by atoms with van der Waals surface area (Å²) in [6.07, 6.45) is 0.775. The number of nitrogens with zero attached hydrogens (tertiary/aromatic N) is 3. The lowest BCUT2D eigenvalue weighted by Crippen LogP contribution is -2.28. The monoisotopic (exact) mass is 455 g/mol. The minimum atomic E-state index is -0.326. The molecule has 0 saturated carbocycles. The third-order valence-corrected chi connectivity index (χ3v) is 5.76. The van der Waals surface area contributed by atoms with Crippen LogP contribution in [-0.4, -0.2) is 34.4 Å². The van der Waals surface area contributed by atoms with Gasteiger partial charge in [-0.25, -0.2) is 4.68 Å². The van der Waals surface area contributed by atoms with Crippen molar-refractivity contribution in [2.75, 3.05) is 24.4 Å². The van der Waals surface area contributed by atoms with Crippen LogP contribution >= 0.6 is 0 Å². The summed E-state index contributed by atoms with van der Waals surface area (Å²) >= 11 is 0. The molecule has 5 rings (SSSR count). The van der Waals surface area contributed by atoms with Crippen LogP contribution in [0.1, 0.15) is 29.6 Å². The van der Waals surface area contributed by atoms with Crippen molar-refractivity contribution in [2.24, 2.45) is 0 Å². The van der Waals surface area contributed by atoms with E-state index in [0.29, 0.717) is 11.7 Å². The van der Waals surface area contributed by atoms with Gasteiger partial charge in [-0.1, -0.05) is 60.7 Å². The number of rotatable bonds is 7. The van der Waals surface area contributed by atoms with Crippen molar-refractivity contribution >= 4 is 17.8 Å². The van der Waals surface area contributed by atoms with Crippen LogP contribution in [0.25, 0.3) is 0 Å². The Labute approximate surface area is 197 Å². The molecular weight excluding hydrogens is 430 g/mol. The second kappa shape index (κ2) is 9.66. The molecule has 2 unspecified atom stereocenters. The van der Waals surface area contributed by atoms with Crippen LogP contribution in [0.15, 0.2) is 84.9 Å². The molecule has 8 heteroatoms. The Morgan fingerprint density at radius 2 is 1.68 bits per heavy atom. The zero-order chi connectivity index (χ0) is 23.3. The third kappa shape index (κ3) is 4.71. The van der Waals surface area contributed by atoms with Gasteiger partial charge in [-0.15, -0.1) is 5.10 Å². The van der Waals surface area contributed by atoms with Gasteiger partial charge in [0.1, 0.15) is 11.5 Å². The number of para-hydroxylation sites is 1. The highest BCUT2D eigenvalue weighted by molar-refractivity contribution is 5.90.